The zero-order valence-electron chi connectivity index (χ0n) is 18.6. The van der Waals surface area contributed by atoms with Crippen LogP contribution in [0.2, 0.25) is 0 Å². The van der Waals surface area contributed by atoms with Crippen LogP contribution in [-0.2, 0) is 4.79 Å². The van der Waals surface area contributed by atoms with Gasteiger partial charge < -0.3 is 15.3 Å². The topological polar surface area (TPSA) is 69.6 Å². The molecule has 2 N–H and O–H groups in total. The van der Waals surface area contributed by atoms with E-state index >= 15 is 0 Å². The van der Waals surface area contributed by atoms with Gasteiger partial charge in [0.25, 0.3) is 5.91 Å². The second-order valence-electron chi connectivity index (χ2n) is 9.75. The summed E-state index contributed by atoms with van der Waals surface area (Å²) in [5.41, 5.74) is -0.281. The zero-order chi connectivity index (χ0) is 22.8. The maximum absolute atomic E-state index is 13.3. The van der Waals surface area contributed by atoms with Gasteiger partial charge in [-0.2, -0.15) is 0 Å². The van der Waals surface area contributed by atoms with Crippen LogP contribution in [-0.4, -0.2) is 40.0 Å². The summed E-state index contributed by atoms with van der Waals surface area (Å²) in [6.45, 7) is 8.11. The highest BCUT2D eigenvalue weighted by Gasteiger charge is 2.48. The largest absolute Gasteiger partial charge is 0.388 e. The highest BCUT2D eigenvalue weighted by atomic mass is 19.1. The van der Waals surface area contributed by atoms with Gasteiger partial charge in [-0.15, -0.1) is 0 Å². The molecule has 3 atom stereocenters. The standard InChI is InChI=1S/C25H31FN2O3/c1-24(2,3)16-20(29)28-15-14-25(4,31)22(21(28)17-8-6-5-7-9-17)27-23(30)18-10-12-19(26)13-11-18/h5-13,21-22,31H,14-16H2,1-4H3,(H,27,30). The van der Waals surface area contributed by atoms with Crippen LogP contribution in [0.25, 0.3) is 0 Å². The second-order valence-corrected chi connectivity index (χ2v) is 9.75. The van der Waals surface area contributed by atoms with Crippen molar-refractivity contribution in [1.29, 1.82) is 0 Å². The van der Waals surface area contributed by atoms with E-state index < -0.39 is 29.4 Å². The smallest absolute Gasteiger partial charge is 0.251 e. The Morgan fingerprint density at radius 1 is 1.13 bits per heavy atom. The Kier molecular flexibility index (Phi) is 6.51. The van der Waals surface area contributed by atoms with E-state index in [0.717, 1.165) is 5.56 Å². The van der Waals surface area contributed by atoms with Crippen molar-refractivity contribution in [3.8, 4) is 0 Å². The van der Waals surface area contributed by atoms with E-state index in [1.165, 1.54) is 24.3 Å². The number of piperidine rings is 1. The van der Waals surface area contributed by atoms with Crippen molar-refractivity contribution < 1.29 is 19.1 Å². The van der Waals surface area contributed by atoms with Gasteiger partial charge in [0.1, 0.15) is 5.82 Å². The Morgan fingerprint density at radius 2 is 1.74 bits per heavy atom. The molecule has 166 valence electrons. The van der Waals surface area contributed by atoms with E-state index in [1.807, 2.05) is 51.1 Å². The number of hydrogen-bond donors (Lipinski definition) is 2. The molecule has 5 nitrogen and oxygen atoms in total. The van der Waals surface area contributed by atoms with Crippen LogP contribution in [0.5, 0.6) is 0 Å². The highest BCUT2D eigenvalue weighted by molar-refractivity contribution is 5.94. The highest BCUT2D eigenvalue weighted by Crippen LogP contribution is 2.38. The molecule has 6 heteroatoms. The van der Waals surface area contributed by atoms with Crippen LogP contribution in [0.1, 0.15) is 62.5 Å². The average Bonchev–Trinajstić information content (AvgIpc) is 2.69. The molecule has 31 heavy (non-hydrogen) atoms. The third kappa shape index (κ3) is 5.50. The van der Waals surface area contributed by atoms with Gasteiger partial charge in [0.05, 0.1) is 17.7 Å². The summed E-state index contributed by atoms with van der Waals surface area (Å²) >= 11 is 0. The molecule has 0 saturated carbocycles. The van der Waals surface area contributed by atoms with E-state index in [4.69, 9.17) is 0 Å². The quantitative estimate of drug-likeness (QED) is 0.774. The van der Waals surface area contributed by atoms with Gasteiger partial charge in [-0.3, -0.25) is 9.59 Å². The number of carbonyl (C=O) groups excluding carboxylic acids is 2. The van der Waals surface area contributed by atoms with Gasteiger partial charge in [0, 0.05) is 18.5 Å². The fourth-order valence-corrected chi connectivity index (χ4v) is 4.08. The Hall–Kier alpha value is -2.73. The summed E-state index contributed by atoms with van der Waals surface area (Å²) in [7, 11) is 0. The van der Waals surface area contributed by atoms with Crippen LogP contribution in [0, 0.1) is 11.2 Å². The molecule has 2 aromatic rings. The number of hydrogen-bond acceptors (Lipinski definition) is 3. The number of nitrogens with one attached hydrogen (secondary N) is 1. The summed E-state index contributed by atoms with van der Waals surface area (Å²) in [6.07, 6.45) is 0.692. The fraction of sp³-hybridized carbons (Fsp3) is 0.440. The lowest BCUT2D eigenvalue weighted by molar-refractivity contribution is -0.144. The molecule has 0 spiro atoms. The average molecular weight is 427 g/mol. The molecule has 3 unspecified atom stereocenters. The normalized spacial score (nSPS) is 24.0. The van der Waals surface area contributed by atoms with Gasteiger partial charge in [-0.25, -0.2) is 4.39 Å². The molecule has 1 aliphatic rings. The van der Waals surface area contributed by atoms with Gasteiger partial charge in [-0.1, -0.05) is 51.1 Å². The lowest BCUT2D eigenvalue weighted by atomic mass is 9.78. The number of likely N-dealkylation sites (tertiary alicyclic amines) is 1. The molecule has 1 saturated heterocycles. The van der Waals surface area contributed by atoms with E-state index in [0.29, 0.717) is 24.9 Å². The van der Waals surface area contributed by atoms with Gasteiger partial charge >= 0.3 is 0 Å². The van der Waals surface area contributed by atoms with Crippen molar-refractivity contribution >= 4 is 11.8 Å². The van der Waals surface area contributed by atoms with Crippen molar-refractivity contribution in [3.63, 3.8) is 0 Å². The fourth-order valence-electron chi connectivity index (χ4n) is 4.08. The molecule has 1 fully saturated rings. The third-order valence-electron chi connectivity index (χ3n) is 5.72. The van der Waals surface area contributed by atoms with E-state index in [2.05, 4.69) is 5.32 Å². The maximum Gasteiger partial charge on any atom is 0.251 e. The van der Waals surface area contributed by atoms with Crippen LogP contribution < -0.4 is 5.32 Å². The summed E-state index contributed by atoms with van der Waals surface area (Å²) < 4.78 is 13.3. The zero-order valence-corrected chi connectivity index (χ0v) is 18.6. The van der Waals surface area contributed by atoms with Gasteiger partial charge in [0.15, 0.2) is 0 Å². The first-order valence-corrected chi connectivity index (χ1v) is 10.6. The van der Waals surface area contributed by atoms with Crippen molar-refractivity contribution in [2.45, 2.75) is 58.2 Å². The second kappa shape index (κ2) is 8.79. The summed E-state index contributed by atoms with van der Waals surface area (Å²) in [5, 5.41) is 14.2. The number of aliphatic hydroxyl groups is 1. The molecule has 0 bridgehead atoms. The lowest BCUT2D eigenvalue weighted by Gasteiger charge is -2.49. The molecule has 0 aliphatic carbocycles. The van der Waals surface area contributed by atoms with Crippen LogP contribution in [0.3, 0.4) is 0 Å². The minimum absolute atomic E-state index is 0.0158. The monoisotopic (exact) mass is 426 g/mol. The Bertz CT molecular complexity index is 920. The SMILES string of the molecule is CC(C)(C)CC(=O)N1CCC(C)(O)C(NC(=O)c2ccc(F)cc2)C1c1ccccc1. The molecule has 0 aromatic heterocycles. The number of amides is 2. The van der Waals surface area contributed by atoms with Crippen LogP contribution >= 0.6 is 0 Å². The molecular weight excluding hydrogens is 395 g/mol. The molecule has 1 heterocycles. The molecule has 3 rings (SSSR count). The third-order valence-corrected chi connectivity index (χ3v) is 5.72. The number of rotatable bonds is 4. The lowest BCUT2D eigenvalue weighted by Crippen LogP contribution is -2.63. The molecular formula is C25H31FN2O3. The van der Waals surface area contributed by atoms with Crippen molar-refractivity contribution in [2.24, 2.45) is 5.41 Å². The first-order chi connectivity index (χ1) is 14.5. The minimum Gasteiger partial charge on any atom is -0.388 e. The Morgan fingerprint density at radius 3 is 2.32 bits per heavy atom. The van der Waals surface area contributed by atoms with E-state index in [1.54, 1.807) is 11.8 Å². The first-order valence-electron chi connectivity index (χ1n) is 10.6. The number of halogens is 1. The number of nitrogens with zero attached hydrogens (tertiary/aromatic N) is 1. The summed E-state index contributed by atoms with van der Waals surface area (Å²) in [6, 6.07) is 13.5. The Balaban J connectivity index is 1.98. The first kappa shape index (κ1) is 22.9. The minimum atomic E-state index is -1.23. The number of carbonyl (C=O) groups is 2. The number of benzene rings is 2. The van der Waals surface area contributed by atoms with Gasteiger partial charge in [-0.05, 0) is 48.6 Å². The van der Waals surface area contributed by atoms with E-state index in [-0.39, 0.29) is 11.3 Å². The predicted octanol–water partition coefficient (Wildman–Crippen LogP) is 4.08. The molecule has 2 amide bonds. The summed E-state index contributed by atoms with van der Waals surface area (Å²) in [5.74, 6) is -0.864. The van der Waals surface area contributed by atoms with Crippen LogP contribution in [0.15, 0.2) is 54.6 Å². The van der Waals surface area contributed by atoms with Crippen LogP contribution in [0.4, 0.5) is 4.39 Å². The van der Waals surface area contributed by atoms with Gasteiger partial charge in [0.2, 0.25) is 5.91 Å². The maximum atomic E-state index is 13.3. The summed E-state index contributed by atoms with van der Waals surface area (Å²) in [4.78, 5) is 28.0. The van der Waals surface area contributed by atoms with E-state index in [9.17, 15) is 19.1 Å². The van der Waals surface area contributed by atoms with Crippen molar-refractivity contribution in [3.05, 3.63) is 71.5 Å². The molecule has 1 aliphatic heterocycles. The van der Waals surface area contributed by atoms with Crippen molar-refractivity contribution in [1.82, 2.24) is 10.2 Å². The molecule has 0 radical (unpaired) electrons. The van der Waals surface area contributed by atoms with Crippen molar-refractivity contribution in [2.75, 3.05) is 6.54 Å². The molecule has 2 aromatic carbocycles. The predicted molar refractivity (Wildman–Crippen MR) is 118 cm³/mol. The Labute approximate surface area is 183 Å².